The van der Waals surface area contributed by atoms with Gasteiger partial charge in [0.1, 0.15) is 5.82 Å². The van der Waals surface area contributed by atoms with Crippen molar-refractivity contribution in [1.29, 1.82) is 0 Å². The Labute approximate surface area is 102 Å². The summed E-state index contributed by atoms with van der Waals surface area (Å²) < 4.78 is 13.1. The fourth-order valence-corrected chi connectivity index (χ4v) is 1.75. The van der Waals surface area contributed by atoms with E-state index in [0.29, 0.717) is 0 Å². The highest BCUT2D eigenvalue weighted by molar-refractivity contribution is 5.92. The number of ketones is 1. The van der Waals surface area contributed by atoms with Crippen LogP contribution in [0.25, 0.3) is 0 Å². The van der Waals surface area contributed by atoms with E-state index in [-0.39, 0.29) is 18.0 Å². The van der Waals surface area contributed by atoms with E-state index >= 15 is 0 Å². The maximum absolute atomic E-state index is 13.1. The summed E-state index contributed by atoms with van der Waals surface area (Å²) in [5.41, 5.74) is 2.88. The number of benzene rings is 1. The lowest BCUT2D eigenvalue weighted by Crippen LogP contribution is -2.02. The molecule has 0 bridgehead atoms. The lowest BCUT2D eigenvalue weighted by molar-refractivity contribution is -0.114. The first-order valence-corrected chi connectivity index (χ1v) is 6.04. The number of hydrogen-bond acceptors (Lipinski definition) is 1. The number of halogens is 1. The molecule has 0 heterocycles. The van der Waals surface area contributed by atoms with Crippen LogP contribution < -0.4 is 0 Å². The largest absolute Gasteiger partial charge is 0.294 e. The standard InChI is InChI=1S/C15H19FO/c1-4-12(5-2)8-15(17)10-13-9-14(16)7-6-11(13)3/h6-9H,4-5,10H2,1-3H3. The molecular weight excluding hydrogens is 215 g/mol. The molecule has 1 nitrogen and oxygen atoms in total. The molecule has 92 valence electrons. The van der Waals surface area contributed by atoms with Crippen LogP contribution in [0, 0.1) is 12.7 Å². The number of aryl methyl sites for hydroxylation is 1. The average Bonchev–Trinajstić information content (AvgIpc) is 2.31. The van der Waals surface area contributed by atoms with Gasteiger partial charge < -0.3 is 0 Å². The number of allylic oxidation sites excluding steroid dienone is 2. The van der Waals surface area contributed by atoms with Gasteiger partial charge in [0.15, 0.2) is 5.78 Å². The monoisotopic (exact) mass is 234 g/mol. The zero-order valence-corrected chi connectivity index (χ0v) is 10.7. The van der Waals surface area contributed by atoms with E-state index in [2.05, 4.69) is 0 Å². The van der Waals surface area contributed by atoms with Crippen LogP contribution in [-0.4, -0.2) is 5.78 Å². The van der Waals surface area contributed by atoms with Crippen LogP contribution >= 0.6 is 0 Å². The predicted molar refractivity (Wildman–Crippen MR) is 68.5 cm³/mol. The van der Waals surface area contributed by atoms with Gasteiger partial charge in [-0.15, -0.1) is 0 Å². The third-order valence-corrected chi connectivity index (χ3v) is 2.95. The van der Waals surface area contributed by atoms with Crippen LogP contribution in [0.15, 0.2) is 29.8 Å². The molecule has 0 saturated heterocycles. The molecule has 0 spiro atoms. The second kappa shape index (κ2) is 6.33. The Balaban J connectivity index is 2.81. The van der Waals surface area contributed by atoms with Crippen molar-refractivity contribution >= 4 is 5.78 Å². The molecule has 0 amide bonds. The van der Waals surface area contributed by atoms with Gasteiger partial charge in [-0.05, 0) is 49.1 Å². The van der Waals surface area contributed by atoms with Crippen molar-refractivity contribution in [3.63, 3.8) is 0 Å². The zero-order valence-electron chi connectivity index (χ0n) is 10.7. The predicted octanol–water partition coefficient (Wildman–Crippen LogP) is 3.99. The fraction of sp³-hybridized carbons (Fsp3) is 0.400. The lowest BCUT2D eigenvalue weighted by Gasteiger charge is -2.04. The molecule has 0 aliphatic heterocycles. The molecule has 0 aromatic heterocycles. The van der Waals surface area contributed by atoms with Crippen LogP contribution in [0.3, 0.4) is 0 Å². The minimum atomic E-state index is -0.284. The fourth-order valence-electron chi connectivity index (χ4n) is 1.75. The van der Waals surface area contributed by atoms with Crippen LogP contribution in [0.4, 0.5) is 4.39 Å². The Morgan fingerprint density at radius 1 is 1.29 bits per heavy atom. The highest BCUT2D eigenvalue weighted by Gasteiger charge is 2.06. The summed E-state index contributed by atoms with van der Waals surface area (Å²) in [6, 6.07) is 4.57. The second-order valence-electron chi connectivity index (χ2n) is 4.22. The van der Waals surface area contributed by atoms with Gasteiger partial charge in [-0.1, -0.05) is 25.5 Å². The molecule has 0 radical (unpaired) electrons. The van der Waals surface area contributed by atoms with Gasteiger partial charge in [-0.3, -0.25) is 4.79 Å². The van der Waals surface area contributed by atoms with E-state index in [4.69, 9.17) is 0 Å². The minimum Gasteiger partial charge on any atom is -0.294 e. The van der Waals surface area contributed by atoms with Crippen molar-refractivity contribution in [3.8, 4) is 0 Å². The van der Waals surface area contributed by atoms with Gasteiger partial charge in [0.25, 0.3) is 0 Å². The van der Waals surface area contributed by atoms with Crippen LogP contribution in [0.2, 0.25) is 0 Å². The normalized spacial score (nSPS) is 10.1. The Morgan fingerprint density at radius 2 is 1.94 bits per heavy atom. The van der Waals surface area contributed by atoms with Crippen molar-refractivity contribution in [3.05, 3.63) is 46.8 Å². The molecule has 0 saturated carbocycles. The van der Waals surface area contributed by atoms with Crippen LogP contribution in [0.1, 0.15) is 37.8 Å². The van der Waals surface area contributed by atoms with Crippen molar-refractivity contribution in [2.45, 2.75) is 40.0 Å². The SMILES string of the molecule is CCC(=CC(=O)Cc1cc(F)ccc1C)CC. The lowest BCUT2D eigenvalue weighted by atomic mass is 10.0. The highest BCUT2D eigenvalue weighted by Crippen LogP contribution is 2.13. The molecule has 17 heavy (non-hydrogen) atoms. The molecule has 0 fully saturated rings. The summed E-state index contributed by atoms with van der Waals surface area (Å²) in [4.78, 5) is 11.8. The van der Waals surface area contributed by atoms with Crippen LogP contribution in [-0.2, 0) is 11.2 Å². The second-order valence-corrected chi connectivity index (χ2v) is 4.22. The maximum Gasteiger partial charge on any atom is 0.160 e. The van der Waals surface area contributed by atoms with Gasteiger partial charge in [-0.25, -0.2) is 4.39 Å². The molecule has 1 aromatic rings. The van der Waals surface area contributed by atoms with Crippen molar-refractivity contribution in [2.75, 3.05) is 0 Å². The molecule has 0 N–H and O–H groups in total. The topological polar surface area (TPSA) is 17.1 Å². The van der Waals surface area contributed by atoms with E-state index in [1.807, 2.05) is 20.8 Å². The Bertz CT molecular complexity index is 427. The van der Waals surface area contributed by atoms with E-state index in [1.165, 1.54) is 12.1 Å². The van der Waals surface area contributed by atoms with Gasteiger partial charge in [0.05, 0.1) is 0 Å². The van der Waals surface area contributed by atoms with Gasteiger partial charge in [-0.2, -0.15) is 0 Å². The highest BCUT2D eigenvalue weighted by atomic mass is 19.1. The molecule has 0 aliphatic rings. The third-order valence-electron chi connectivity index (χ3n) is 2.95. The summed E-state index contributed by atoms with van der Waals surface area (Å²) in [6.45, 7) is 5.97. The van der Waals surface area contributed by atoms with Gasteiger partial charge in [0, 0.05) is 6.42 Å². The van der Waals surface area contributed by atoms with E-state index in [0.717, 1.165) is 29.5 Å². The zero-order chi connectivity index (χ0) is 12.8. The van der Waals surface area contributed by atoms with E-state index in [9.17, 15) is 9.18 Å². The molecule has 0 aliphatic carbocycles. The minimum absolute atomic E-state index is 0.0531. The number of carbonyl (C=O) groups is 1. The Morgan fingerprint density at radius 3 is 2.53 bits per heavy atom. The molecule has 0 atom stereocenters. The Hall–Kier alpha value is -1.44. The van der Waals surface area contributed by atoms with Crippen molar-refractivity contribution in [2.24, 2.45) is 0 Å². The average molecular weight is 234 g/mol. The molecule has 0 unspecified atom stereocenters. The summed E-state index contributed by atoms with van der Waals surface area (Å²) in [5, 5.41) is 0. The molecular formula is C15H19FO. The van der Waals surface area contributed by atoms with Crippen molar-refractivity contribution < 1.29 is 9.18 Å². The molecule has 1 aromatic carbocycles. The van der Waals surface area contributed by atoms with Crippen molar-refractivity contribution in [1.82, 2.24) is 0 Å². The summed E-state index contributed by atoms with van der Waals surface area (Å²) in [6.07, 6.45) is 3.77. The van der Waals surface area contributed by atoms with E-state index < -0.39 is 0 Å². The number of carbonyl (C=O) groups excluding carboxylic acids is 1. The third kappa shape index (κ3) is 4.14. The number of hydrogen-bond donors (Lipinski definition) is 0. The summed E-state index contributed by atoms with van der Waals surface area (Å²) >= 11 is 0. The van der Waals surface area contributed by atoms with Gasteiger partial charge in [0.2, 0.25) is 0 Å². The maximum atomic E-state index is 13.1. The first-order valence-electron chi connectivity index (χ1n) is 6.04. The quantitative estimate of drug-likeness (QED) is 0.704. The van der Waals surface area contributed by atoms with Gasteiger partial charge >= 0.3 is 0 Å². The van der Waals surface area contributed by atoms with Crippen LogP contribution in [0.5, 0.6) is 0 Å². The first kappa shape index (κ1) is 13.6. The summed E-state index contributed by atoms with van der Waals surface area (Å²) in [7, 11) is 0. The van der Waals surface area contributed by atoms with E-state index in [1.54, 1.807) is 12.1 Å². The first-order chi connectivity index (χ1) is 8.06. The number of rotatable bonds is 5. The summed E-state index contributed by atoms with van der Waals surface area (Å²) in [5.74, 6) is -0.231. The Kier molecular flexibility index (Phi) is 5.08. The smallest absolute Gasteiger partial charge is 0.160 e. The molecule has 1 rings (SSSR count). The molecule has 2 heteroatoms.